The number of rotatable bonds is 5. The van der Waals surface area contributed by atoms with Crippen molar-refractivity contribution in [3.63, 3.8) is 0 Å². The zero-order chi connectivity index (χ0) is 20.4. The molecule has 0 saturated heterocycles. The molecule has 2 aromatic carbocycles. The number of hydrogen-bond donors (Lipinski definition) is 2. The van der Waals surface area contributed by atoms with Crippen LogP contribution in [0, 0.1) is 6.92 Å². The molecule has 0 atom stereocenters. The minimum Gasteiger partial charge on any atom is -0.383 e. The first-order chi connectivity index (χ1) is 14.0. The van der Waals surface area contributed by atoms with Gasteiger partial charge in [-0.25, -0.2) is 0 Å². The highest BCUT2D eigenvalue weighted by molar-refractivity contribution is 6.06. The van der Waals surface area contributed by atoms with Gasteiger partial charge in [-0.1, -0.05) is 36.4 Å². The number of fused-ring (bicyclic) bond motifs is 2. The molecule has 146 valence electrons. The summed E-state index contributed by atoms with van der Waals surface area (Å²) in [6.07, 6.45) is 1.59. The second-order valence-electron chi connectivity index (χ2n) is 7.02. The maximum Gasteiger partial charge on any atom is 0.258 e. The molecule has 0 bridgehead atoms. The average Bonchev–Trinajstić information content (AvgIpc) is 2.73. The Kier molecular flexibility index (Phi) is 4.99. The highest BCUT2D eigenvalue weighted by Gasteiger charge is 2.13. The van der Waals surface area contributed by atoms with Crippen molar-refractivity contribution >= 4 is 33.3 Å². The van der Waals surface area contributed by atoms with E-state index in [4.69, 9.17) is 0 Å². The third-order valence-electron chi connectivity index (χ3n) is 4.91. The summed E-state index contributed by atoms with van der Waals surface area (Å²) in [4.78, 5) is 29.5. The molecule has 29 heavy (non-hydrogen) atoms. The minimum atomic E-state index is -0.200. The number of benzene rings is 2. The first kappa shape index (κ1) is 18.7. The molecule has 4 aromatic rings. The van der Waals surface area contributed by atoms with Crippen LogP contribution >= 0.6 is 0 Å². The van der Waals surface area contributed by atoms with E-state index in [1.165, 1.54) is 4.57 Å². The first-order valence-corrected chi connectivity index (χ1v) is 9.51. The van der Waals surface area contributed by atoms with Gasteiger partial charge in [-0.05, 0) is 25.1 Å². The summed E-state index contributed by atoms with van der Waals surface area (Å²) in [5.74, 6) is -0.200. The highest BCUT2D eigenvalue weighted by atomic mass is 16.2. The van der Waals surface area contributed by atoms with E-state index in [-0.39, 0.29) is 11.5 Å². The fourth-order valence-corrected chi connectivity index (χ4v) is 3.52. The summed E-state index contributed by atoms with van der Waals surface area (Å²) in [5.41, 5.74) is 3.25. The van der Waals surface area contributed by atoms with Gasteiger partial charge in [0.1, 0.15) is 0 Å². The second kappa shape index (κ2) is 7.75. The quantitative estimate of drug-likeness (QED) is 0.516. The number of hydrogen-bond acceptors (Lipinski definition) is 4. The molecule has 2 N–H and O–H groups in total. The molecule has 6 nitrogen and oxygen atoms in total. The van der Waals surface area contributed by atoms with E-state index in [2.05, 4.69) is 15.6 Å². The van der Waals surface area contributed by atoms with E-state index in [1.807, 2.05) is 43.3 Å². The molecule has 4 rings (SSSR count). The lowest BCUT2D eigenvalue weighted by Crippen LogP contribution is -2.30. The number of anilines is 1. The van der Waals surface area contributed by atoms with Crippen LogP contribution in [-0.4, -0.2) is 28.5 Å². The lowest BCUT2D eigenvalue weighted by molar-refractivity contribution is 0.0956. The van der Waals surface area contributed by atoms with E-state index in [1.54, 1.807) is 31.4 Å². The molecule has 2 aromatic heterocycles. The SMILES string of the molecule is Cc1cc(NCCNC(=O)c2cn(C)c(=O)c3ccccc23)c2ccccc2n1. The lowest BCUT2D eigenvalue weighted by atomic mass is 10.1. The third-order valence-corrected chi connectivity index (χ3v) is 4.91. The van der Waals surface area contributed by atoms with Crippen LogP contribution in [0.2, 0.25) is 0 Å². The predicted octanol–water partition coefficient (Wildman–Crippen LogP) is 3.24. The Labute approximate surface area is 168 Å². The molecule has 0 radical (unpaired) electrons. The number of para-hydroxylation sites is 1. The van der Waals surface area contributed by atoms with E-state index in [9.17, 15) is 9.59 Å². The van der Waals surface area contributed by atoms with Crippen molar-refractivity contribution in [1.82, 2.24) is 14.9 Å². The second-order valence-corrected chi connectivity index (χ2v) is 7.02. The molecule has 0 unspecified atom stereocenters. The van der Waals surface area contributed by atoms with Gasteiger partial charge in [0.2, 0.25) is 0 Å². The van der Waals surface area contributed by atoms with Gasteiger partial charge in [0.15, 0.2) is 0 Å². The van der Waals surface area contributed by atoms with Crippen LogP contribution in [0.4, 0.5) is 5.69 Å². The third kappa shape index (κ3) is 3.69. The smallest absolute Gasteiger partial charge is 0.258 e. The summed E-state index contributed by atoms with van der Waals surface area (Å²) in [5, 5.41) is 8.58. The monoisotopic (exact) mass is 386 g/mol. The van der Waals surface area contributed by atoms with Crippen molar-refractivity contribution in [3.8, 4) is 0 Å². The lowest BCUT2D eigenvalue weighted by Gasteiger charge is -2.12. The predicted molar refractivity (Wildman–Crippen MR) is 116 cm³/mol. The van der Waals surface area contributed by atoms with Gasteiger partial charge >= 0.3 is 0 Å². The van der Waals surface area contributed by atoms with Crippen LogP contribution in [0.25, 0.3) is 21.7 Å². The molecule has 0 saturated carbocycles. The Balaban J connectivity index is 1.48. The van der Waals surface area contributed by atoms with Crippen LogP contribution in [0.15, 0.2) is 65.6 Å². The molecular formula is C23H22N4O2. The van der Waals surface area contributed by atoms with Crippen molar-refractivity contribution in [2.24, 2.45) is 7.05 Å². The number of aromatic nitrogens is 2. The maximum absolute atomic E-state index is 12.7. The zero-order valence-electron chi connectivity index (χ0n) is 16.4. The molecule has 0 spiro atoms. The number of carbonyl (C=O) groups excluding carboxylic acids is 1. The summed E-state index contributed by atoms with van der Waals surface area (Å²) in [6.45, 7) is 2.98. The van der Waals surface area contributed by atoms with E-state index in [0.29, 0.717) is 29.4 Å². The largest absolute Gasteiger partial charge is 0.383 e. The number of nitrogens with zero attached hydrogens (tertiary/aromatic N) is 2. The maximum atomic E-state index is 12.7. The van der Waals surface area contributed by atoms with Crippen LogP contribution < -0.4 is 16.2 Å². The Morgan fingerprint density at radius 3 is 2.48 bits per heavy atom. The molecular weight excluding hydrogens is 364 g/mol. The van der Waals surface area contributed by atoms with Gasteiger partial charge in [0.05, 0.1) is 11.1 Å². The van der Waals surface area contributed by atoms with Crippen LogP contribution in [0.1, 0.15) is 16.1 Å². The van der Waals surface area contributed by atoms with E-state index < -0.39 is 0 Å². The summed E-state index contributed by atoms with van der Waals surface area (Å²) < 4.78 is 1.45. The highest BCUT2D eigenvalue weighted by Crippen LogP contribution is 2.22. The molecule has 0 aliphatic carbocycles. The van der Waals surface area contributed by atoms with Crippen molar-refractivity contribution < 1.29 is 4.79 Å². The van der Waals surface area contributed by atoms with Crippen LogP contribution in [0.5, 0.6) is 0 Å². The van der Waals surface area contributed by atoms with Crippen molar-refractivity contribution in [1.29, 1.82) is 0 Å². The number of nitrogens with one attached hydrogen (secondary N) is 2. The Morgan fingerprint density at radius 2 is 1.69 bits per heavy atom. The molecule has 6 heteroatoms. The summed E-state index contributed by atoms with van der Waals surface area (Å²) >= 11 is 0. The van der Waals surface area contributed by atoms with Gasteiger partial charge in [-0.15, -0.1) is 0 Å². The number of pyridine rings is 2. The topological polar surface area (TPSA) is 76.0 Å². The molecule has 0 aliphatic heterocycles. The van der Waals surface area contributed by atoms with E-state index >= 15 is 0 Å². The van der Waals surface area contributed by atoms with Crippen molar-refractivity contribution in [2.75, 3.05) is 18.4 Å². The summed E-state index contributed by atoms with van der Waals surface area (Å²) in [7, 11) is 1.66. The first-order valence-electron chi connectivity index (χ1n) is 9.51. The number of carbonyl (C=O) groups is 1. The Morgan fingerprint density at radius 1 is 1.00 bits per heavy atom. The fourth-order valence-electron chi connectivity index (χ4n) is 3.52. The van der Waals surface area contributed by atoms with Crippen LogP contribution in [0.3, 0.4) is 0 Å². The molecule has 0 aliphatic rings. The standard InChI is InChI=1S/C23H22N4O2/c1-15-13-21(18-9-5-6-10-20(18)26-15)24-11-12-25-22(28)19-14-27(2)23(29)17-8-4-3-7-16(17)19/h3-10,13-14H,11-12H2,1-2H3,(H,24,26)(H,25,28). The van der Waals surface area contributed by atoms with Gasteiger partial charge < -0.3 is 15.2 Å². The molecule has 2 heterocycles. The van der Waals surface area contributed by atoms with Gasteiger partial charge in [-0.2, -0.15) is 0 Å². The summed E-state index contributed by atoms with van der Waals surface area (Å²) in [6, 6.07) is 17.1. The zero-order valence-corrected chi connectivity index (χ0v) is 16.4. The Hall–Kier alpha value is -3.67. The normalized spacial score (nSPS) is 11.0. The Bertz CT molecular complexity index is 1280. The van der Waals surface area contributed by atoms with Crippen molar-refractivity contribution in [3.05, 3.63) is 82.4 Å². The van der Waals surface area contributed by atoms with Gasteiger partial charge in [0.25, 0.3) is 11.5 Å². The number of amides is 1. The van der Waals surface area contributed by atoms with E-state index in [0.717, 1.165) is 22.3 Å². The fraction of sp³-hybridized carbons (Fsp3) is 0.174. The average molecular weight is 386 g/mol. The number of aryl methyl sites for hydroxylation is 2. The van der Waals surface area contributed by atoms with Gasteiger partial charge in [-0.3, -0.25) is 14.6 Å². The minimum absolute atomic E-state index is 0.112. The van der Waals surface area contributed by atoms with Crippen molar-refractivity contribution in [2.45, 2.75) is 6.92 Å². The van der Waals surface area contributed by atoms with Crippen LogP contribution in [-0.2, 0) is 7.05 Å². The van der Waals surface area contributed by atoms with Gasteiger partial charge in [0, 0.05) is 53.9 Å². The molecule has 1 amide bonds. The molecule has 0 fully saturated rings.